The topological polar surface area (TPSA) is 41.1 Å². The van der Waals surface area contributed by atoms with Gasteiger partial charge in [-0.2, -0.15) is 0 Å². The van der Waals surface area contributed by atoms with E-state index < -0.39 is 0 Å². The van der Waals surface area contributed by atoms with Gasteiger partial charge < -0.3 is 0 Å². The zero-order chi connectivity index (χ0) is 12.8. The van der Waals surface area contributed by atoms with E-state index in [-0.39, 0.29) is 5.91 Å². The molecule has 2 atom stereocenters. The summed E-state index contributed by atoms with van der Waals surface area (Å²) in [6, 6.07) is 10.9. The van der Waals surface area contributed by atoms with Crippen molar-refractivity contribution in [1.82, 2.24) is 10.9 Å². The van der Waals surface area contributed by atoms with Crippen molar-refractivity contribution in [2.45, 2.75) is 51.0 Å². The Morgan fingerprint density at radius 2 is 2.06 bits per heavy atom. The lowest BCUT2D eigenvalue weighted by Gasteiger charge is -2.06. The fraction of sp³-hybridized carbons (Fsp3) is 0.533. The van der Waals surface area contributed by atoms with Crippen molar-refractivity contribution in [2.24, 2.45) is 0 Å². The summed E-state index contributed by atoms with van der Waals surface area (Å²) in [5, 5.41) is 0. The molecule has 2 N–H and O–H groups in total. The third kappa shape index (κ3) is 3.84. The Hall–Kier alpha value is -1.35. The minimum atomic E-state index is 0.113. The molecule has 0 saturated heterocycles. The van der Waals surface area contributed by atoms with Gasteiger partial charge in [0.05, 0.1) is 0 Å². The molecule has 2 rings (SSSR count). The second-order valence-electron chi connectivity index (χ2n) is 5.01. The van der Waals surface area contributed by atoms with E-state index in [1.165, 1.54) is 5.56 Å². The summed E-state index contributed by atoms with van der Waals surface area (Å²) in [6.45, 7) is 2.14. The van der Waals surface area contributed by atoms with Gasteiger partial charge in [-0.25, -0.2) is 5.43 Å². The maximum atomic E-state index is 11.5. The zero-order valence-corrected chi connectivity index (χ0v) is 11.0. The number of carbonyl (C=O) groups is 1. The summed E-state index contributed by atoms with van der Waals surface area (Å²) in [5.74, 6) is 0.671. The van der Waals surface area contributed by atoms with E-state index in [4.69, 9.17) is 0 Å². The number of carbonyl (C=O) groups excluding carboxylic acids is 1. The highest BCUT2D eigenvalue weighted by Crippen LogP contribution is 2.40. The van der Waals surface area contributed by atoms with Crippen LogP contribution in [0.25, 0.3) is 0 Å². The van der Waals surface area contributed by atoms with Crippen molar-refractivity contribution >= 4 is 5.91 Å². The Balaban J connectivity index is 1.63. The molecule has 0 radical (unpaired) electrons. The van der Waals surface area contributed by atoms with E-state index in [1.807, 2.05) is 6.07 Å². The van der Waals surface area contributed by atoms with Crippen molar-refractivity contribution in [3.63, 3.8) is 0 Å². The molecule has 1 saturated carbocycles. The predicted octanol–water partition coefficient (Wildman–Crippen LogP) is 2.74. The molecule has 0 aliphatic heterocycles. The summed E-state index contributed by atoms with van der Waals surface area (Å²) in [6.07, 6.45) is 5.00. The van der Waals surface area contributed by atoms with Crippen molar-refractivity contribution in [3.05, 3.63) is 35.9 Å². The van der Waals surface area contributed by atoms with Crippen molar-refractivity contribution in [1.29, 1.82) is 0 Å². The molecule has 2 unspecified atom stereocenters. The standard InChI is InChI=1S/C15H22N2O/c1-2-3-5-10-15(18)17-16-14-11-13(14)12-8-6-4-7-9-12/h4,6-9,13-14,16H,2-3,5,10-11H2,1H3,(H,17,18). The van der Waals surface area contributed by atoms with Crippen molar-refractivity contribution in [3.8, 4) is 0 Å². The highest BCUT2D eigenvalue weighted by Gasteiger charge is 2.38. The minimum Gasteiger partial charge on any atom is -0.291 e. The lowest BCUT2D eigenvalue weighted by atomic mass is 10.1. The number of hydrazine groups is 1. The summed E-state index contributed by atoms with van der Waals surface area (Å²) < 4.78 is 0. The maximum absolute atomic E-state index is 11.5. The first-order chi connectivity index (χ1) is 8.81. The van der Waals surface area contributed by atoms with Gasteiger partial charge in [0.15, 0.2) is 0 Å². The van der Waals surface area contributed by atoms with Crippen LogP contribution in [0, 0.1) is 0 Å². The smallest absolute Gasteiger partial charge is 0.234 e. The van der Waals surface area contributed by atoms with Gasteiger partial charge in [0.25, 0.3) is 0 Å². The van der Waals surface area contributed by atoms with E-state index in [2.05, 4.69) is 42.0 Å². The van der Waals surface area contributed by atoms with Crippen LogP contribution in [0.5, 0.6) is 0 Å². The summed E-state index contributed by atoms with van der Waals surface area (Å²) >= 11 is 0. The fourth-order valence-electron chi connectivity index (χ4n) is 2.19. The van der Waals surface area contributed by atoms with Gasteiger partial charge in [0.2, 0.25) is 5.91 Å². The van der Waals surface area contributed by atoms with E-state index >= 15 is 0 Å². The van der Waals surface area contributed by atoms with Gasteiger partial charge in [-0.1, -0.05) is 50.1 Å². The summed E-state index contributed by atoms with van der Waals surface area (Å²) in [5.41, 5.74) is 7.30. The first kappa shape index (κ1) is 13.1. The highest BCUT2D eigenvalue weighted by molar-refractivity contribution is 5.75. The van der Waals surface area contributed by atoms with Gasteiger partial charge >= 0.3 is 0 Å². The largest absolute Gasteiger partial charge is 0.291 e. The molecule has 0 aromatic heterocycles. The lowest BCUT2D eigenvalue weighted by Crippen LogP contribution is -2.39. The molecule has 3 nitrogen and oxygen atoms in total. The van der Waals surface area contributed by atoms with Crippen molar-refractivity contribution < 1.29 is 4.79 Å². The van der Waals surface area contributed by atoms with Crippen LogP contribution in [0.3, 0.4) is 0 Å². The van der Waals surface area contributed by atoms with Crippen LogP contribution in [0.1, 0.15) is 50.5 Å². The average Bonchev–Trinajstić information content (AvgIpc) is 3.17. The van der Waals surface area contributed by atoms with Crippen LogP contribution >= 0.6 is 0 Å². The molecule has 1 amide bonds. The van der Waals surface area contributed by atoms with E-state index in [0.29, 0.717) is 18.4 Å². The molecule has 1 aliphatic rings. The number of hydrogen-bond donors (Lipinski definition) is 2. The van der Waals surface area contributed by atoms with Crippen molar-refractivity contribution in [2.75, 3.05) is 0 Å². The van der Waals surface area contributed by atoms with Gasteiger partial charge in [0.1, 0.15) is 0 Å². The Morgan fingerprint density at radius 1 is 1.28 bits per heavy atom. The van der Waals surface area contributed by atoms with Gasteiger partial charge in [-0.15, -0.1) is 0 Å². The molecule has 1 fully saturated rings. The number of hydrogen-bond acceptors (Lipinski definition) is 2. The average molecular weight is 246 g/mol. The van der Waals surface area contributed by atoms with Crippen LogP contribution in [0.4, 0.5) is 0 Å². The molecule has 1 aromatic carbocycles. The van der Waals surface area contributed by atoms with Crippen LogP contribution in [0.15, 0.2) is 30.3 Å². The predicted molar refractivity (Wildman–Crippen MR) is 73.0 cm³/mol. The van der Waals surface area contributed by atoms with E-state index in [1.54, 1.807) is 0 Å². The third-order valence-corrected chi connectivity index (χ3v) is 3.42. The Morgan fingerprint density at radius 3 is 2.78 bits per heavy atom. The van der Waals surface area contributed by atoms with Crippen LogP contribution < -0.4 is 10.9 Å². The van der Waals surface area contributed by atoms with Gasteiger partial charge in [-0.05, 0) is 18.4 Å². The minimum absolute atomic E-state index is 0.113. The first-order valence-electron chi connectivity index (χ1n) is 6.90. The molecule has 18 heavy (non-hydrogen) atoms. The van der Waals surface area contributed by atoms with E-state index in [9.17, 15) is 4.79 Å². The maximum Gasteiger partial charge on any atom is 0.234 e. The monoisotopic (exact) mass is 246 g/mol. The summed E-state index contributed by atoms with van der Waals surface area (Å²) in [4.78, 5) is 11.5. The SMILES string of the molecule is CCCCCC(=O)NNC1CC1c1ccccc1. The molecular weight excluding hydrogens is 224 g/mol. The highest BCUT2D eigenvalue weighted by atomic mass is 16.2. The van der Waals surface area contributed by atoms with Gasteiger partial charge in [-0.3, -0.25) is 10.2 Å². The number of benzene rings is 1. The second kappa shape index (κ2) is 6.55. The molecule has 0 bridgehead atoms. The molecule has 0 spiro atoms. The number of unbranched alkanes of at least 4 members (excludes halogenated alkanes) is 2. The molecule has 3 heteroatoms. The molecule has 1 aromatic rings. The molecule has 1 aliphatic carbocycles. The van der Waals surface area contributed by atoms with Crippen LogP contribution in [-0.4, -0.2) is 11.9 Å². The van der Waals surface area contributed by atoms with Crippen LogP contribution in [0.2, 0.25) is 0 Å². The molecule has 0 heterocycles. The quantitative estimate of drug-likeness (QED) is 0.574. The Bertz CT molecular complexity index is 377. The Kier molecular flexibility index (Phi) is 4.76. The fourth-order valence-corrected chi connectivity index (χ4v) is 2.19. The second-order valence-corrected chi connectivity index (χ2v) is 5.01. The van der Waals surface area contributed by atoms with E-state index in [0.717, 1.165) is 25.7 Å². The number of rotatable bonds is 7. The third-order valence-electron chi connectivity index (χ3n) is 3.42. The Labute approximate surface area is 109 Å². The molecule has 98 valence electrons. The lowest BCUT2D eigenvalue weighted by molar-refractivity contribution is -0.122. The normalized spacial score (nSPS) is 21.6. The first-order valence-corrected chi connectivity index (χ1v) is 6.90. The summed E-state index contributed by atoms with van der Waals surface area (Å²) in [7, 11) is 0. The zero-order valence-electron chi connectivity index (χ0n) is 11.0. The van der Waals surface area contributed by atoms with Crippen LogP contribution in [-0.2, 0) is 4.79 Å². The van der Waals surface area contributed by atoms with Gasteiger partial charge in [0, 0.05) is 18.4 Å². The molecular formula is C15H22N2O. The number of nitrogens with one attached hydrogen (secondary N) is 2. The number of amides is 1.